The van der Waals surface area contributed by atoms with Gasteiger partial charge in [0.15, 0.2) is 0 Å². The Bertz CT molecular complexity index is 992. The van der Waals surface area contributed by atoms with Crippen LogP contribution in [0, 0.1) is 11.8 Å². The molecule has 1 aromatic heterocycles. The molecule has 2 fully saturated rings. The molecule has 1 saturated carbocycles. The van der Waals surface area contributed by atoms with Crippen molar-refractivity contribution >= 4 is 11.7 Å². The van der Waals surface area contributed by atoms with E-state index in [0.29, 0.717) is 30.6 Å². The molecular weight excluding hydrogens is 400 g/mol. The molecule has 1 saturated heterocycles. The van der Waals surface area contributed by atoms with Crippen molar-refractivity contribution < 1.29 is 9.90 Å². The van der Waals surface area contributed by atoms with Gasteiger partial charge in [0.2, 0.25) is 5.91 Å². The van der Waals surface area contributed by atoms with Crippen LogP contribution in [-0.4, -0.2) is 51.1 Å². The molecule has 32 heavy (non-hydrogen) atoms. The molecule has 5 rings (SSSR count). The normalized spacial score (nSPS) is 24.9. The summed E-state index contributed by atoms with van der Waals surface area (Å²) in [4.78, 5) is 24.2. The van der Waals surface area contributed by atoms with Crippen LogP contribution in [0.2, 0.25) is 0 Å². The molecule has 0 radical (unpaired) electrons. The Kier molecular flexibility index (Phi) is 5.86. The lowest BCUT2D eigenvalue weighted by Crippen LogP contribution is -2.43. The number of likely N-dealkylation sites (tertiary alicyclic amines) is 1. The molecule has 3 aromatic rings. The third-order valence-electron chi connectivity index (χ3n) is 6.86. The Morgan fingerprint density at radius 1 is 0.938 bits per heavy atom. The van der Waals surface area contributed by atoms with Crippen molar-refractivity contribution in [2.75, 3.05) is 18.4 Å². The van der Waals surface area contributed by atoms with Crippen LogP contribution in [0.15, 0.2) is 79.3 Å². The molecule has 1 aliphatic heterocycles. The van der Waals surface area contributed by atoms with Crippen LogP contribution in [0.1, 0.15) is 29.9 Å². The van der Waals surface area contributed by atoms with Crippen molar-refractivity contribution in [3.63, 3.8) is 0 Å². The Hall–Kier alpha value is -3.25. The summed E-state index contributed by atoms with van der Waals surface area (Å²) in [6.45, 7) is 1.43. The third kappa shape index (κ3) is 4.23. The number of nitrogens with zero attached hydrogens (tertiary/aromatic N) is 3. The lowest BCUT2D eigenvalue weighted by atomic mass is 9.77. The minimum Gasteiger partial charge on any atom is -0.391 e. The molecule has 0 spiro atoms. The first-order valence-electron chi connectivity index (χ1n) is 11.3. The van der Waals surface area contributed by atoms with Gasteiger partial charge in [0.25, 0.3) is 0 Å². The predicted octanol–water partition coefficient (Wildman–Crippen LogP) is 3.32. The van der Waals surface area contributed by atoms with Gasteiger partial charge in [-0.25, -0.2) is 4.98 Å². The maximum absolute atomic E-state index is 13.8. The van der Waals surface area contributed by atoms with Gasteiger partial charge < -0.3 is 15.3 Å². The molecule has 1 aliphatic carbocycles. The molecule has 1 amide bonds. The summed E-state index contributed by atoms with van der Waals surface area (Å²) in [7, 11) is 0. The zero-order valence-corrected chi connectivity index (χ0v) is 17.9. The number of nitrogens with one attached hydrogen (secondary N) is 1. The molecule has 0 unspecified atom stereocenters. The van der Waals surface area contributed by atoms with Gasteiger partial charge in [0.1, 0.15) is 5.82 Å². The van der Waals surface area contributed by atoms with Crippen LogP contribution in [0.5, 0.6) is 0 Å². The first kappa shape index (κ1) is 20.6. The summed E-state index contributed by atoms with van der Waals surface area (Å²) in [5.74, 6) is 1.19. The van der Waals surface area contributed by atoms with E-state index in [1.807, 2.05) is 65.6 Å². The van der Waals surface area contributed by atoms with E-state index in [1.54, 1.807) is 18.6 Å². The highest BCUT2D eigenvalue weighted by Crippen LogP contribution is 2.39. The lowest BCUT2D eigenvalue weighted by Gasteiger charge is -2.35. The average Bonchev–Trinajstić information content (AvgIpc) is 3.24. The number of anilines is 1. The second kappa shape index (κ2) is 9.09. The van der Waals surface area contributed by atoms with Crippen LogP contribution in [-0.2, 0) is 4.79 Å². The fraction of sp³-hybridized carbons (Fsp3) is 0.346. The number of aliphatic hydroxyl groups is 1. The van der Waals surface area contributed by atoms with Gasteiger partial charge in [-0.3, -0.25) is 9.78 Å². The first-order chi connectivity index (χ1) is 15.7. The number of aliphatic hydroxyl groups excluding tert-OH is 1. The Labute approximate surface area is 188 Å². The van der Waals surface area contributed by atoms with Gasteiger partial charge in [0.05, 0.1) is 24.3 Å². The van der Waals surface area contributed by atoms with Gasteiger partial charge in [0, 0.05) is 25.5 Å². The number of fused-ring (bicyclic) bond motifs is 1. The van der Waals surface area contributed by atoms with Crippen LogP contribution in [0.25, 0.3) is 0 Å². The summed E-state index contributed by atoms with van der Waals surface area (Å²) in [5, 5.41) is 14.1. The Morgan fingerprint density at radius 3 is 2.16 bits per heavy atom. The number of aromatic nitrogens is 2. The highest BCUT2D eigenvalue weighted by Gasteiger charge is 2.44. The van der Waals surface area contributed by atoms with Gasteiger partial charge in [-0.05, 0) is 35.8 Å². The van der Waals surface area contributed by atoms with Crippen molar-refractivity contribution in [1.82, 2.24) is 14.9 Å². The molecule has 0 bridgehead atoms. The SMILES string of the molecule is O=C(C(c1ccccc1)c1ccccc1)N1C[C@H]2C[C@@H](Nc3cnccn3)[C@H](O)C[C@H]2C1. The maximum Gasteiger partial charge on any atom is 0.234 e. The molecule has 2 N–H and O–H groups in total. The van der Waals surface area contributed by atoms with Gasteiger partial charge in [-0.15, -0.1) is 0 Å². The predicted molar refractivity (Wildman–Crippen MR) is 123 cm³/mol. The van der Waals surface area contributed by atoms with Crippen molar-refractivity contribution in [2.24, 2.45) is 11.8 Å². The standard InChI is InChI=1S/C26H28N4O2/c31-23-14-21-17-30(16-20(21)13-22(23)29-24-15-27-11-12-28-24)26(32)25(18-7-3-1-4-8-18)19-9-5-2-6-10-19/h1-12,15,20-23,25,31H,13-14,16-17H2,(H,28,29)/t20-,21+,22-,23-/m1/s1. The van der Waals surface area contributed by atoms with Crippen molar-refractivity contribution in [1.29, 1.82) is 0 Å². The average molecular weight is 429 g/mol. The van der Waals surface area contributed by atoms with E-state index >= 15 is 0 Å². The number of carbonyl (C=O) groups excluding carboxylic acids is 1. The number of hydrogen-bond donors (Lipinski definition) is 2. The molecule has 2 heterocycles. The highest BCUT2D eigenvalue weighted by atomic mass is 16.3. The second-order valence-electron chi connectivity index (χ2n) is 8.90. The lowest BCUT2D eigenvalue weighted by molar-refractivity contribution is -0.131. The number of carbonyl (C=O) groups is 1. The van der Waals surface area contributed by atoms with Crippen LogP contribution >= 0.6 is 0 Å². The number of hydrogen-bond acceptors (Lipinski definition) is 5. The van der Waals surface area contributed by atoms with Crippen LogP contribution < -0.4 is 5.32 Å². The second-order valence-corrected chi connectivity index (χ2v) is 8.90. The van der Waals surface area contributed by atoms with Gasteiger partial charge >= 0.3 is 0 Å². The smallest absolute Gasteiger partial charge is 0.234 e. The largest absolute Gasteiger partial charge is 0.391 e. The van der Waals surface area contributed by atoms with E-state index in [1.165, 1.54) is 0 Å². The molecule has 2 aromatic carbocycles. The van der Waals surface area contributed by atoms with Crippen molar-refractivity contribution in [3.8, 4) is 0 Å². The van der Waals surface area contributed by atoms with E-state index in [-0.39, 0.29) is 17.9 Å². The summed E-state index contributed by atoms with van der Waals surface area (Å²) < 4.78 is 0. The fourth-order valence-corrected chi connectivity index (χ4v) is 5.28. The zero-order chi connectivity index (χ0) is 21.9. The first-order valence-corrected chi connectivity index (χ1v) is 11.3. The van der Waals surface area contributed by atoms with Crippen LogP contribution in [0.3, 0.4) is 0 Å². The fourth-order valence-electron chi connectivity index (χ4n) is 5.28. The quantitative estimate of drug-likeness (QED) is 0.652. The minimum atomic E-state index is -0.465. The third-order valence-corrected chi connectivity index (χ3v) is 6.86. The number of benzene rings is 2. The molecule has 2 aliphatic rings. The monoisotopic (exact) mass is 428 g/mol. The van der Waals surface area contributed by atoms with E-state index in [2.05, 4.69) is 15.3 Å². The summed E-state index contributed by atoms with van der Waals surface area (Å²) in [5.41, 5.74) is 2.03. The topological polar surface area (TPSA) is 78.4 Å². The summed E-state index contributed by atoms with van der Waals surface area (Å²) in [6, 6.07) is 19.9. The molecule has 6 heteroatoms. The minimum absolute atomic E-state index is 0.0814. The molecule has 4 atom stereocenters. The van der Waals surface area contributed by atoms with Crippen molar-refractivity contribution in [2.45, 2.75) is 30.9 Å². The summed E-state index contributed by atoms with van der Waals surface area (Å²) >= 11 is 0. The highest BCUT2D eigenvalue weighted by molar-refractivity contribution is 5.87. The van der Waals surface area contributed by atoms with Gasteiger partial charge in [-0.1, -0.05) is 60.7 Å². The molecule has 6 nitrogen and oxygen atoms in total. The Morgan fingerprint density at radius 2 is 1.56 bits per heavy atom. The van der Waals surface area contributed by atoms with Gasteiger partial charge in [-0.2, -0.15) is 0 Å². The van der Waals surface area contributed by atoms with E-state index in [4.69, 9.17) is 0 Å². The maximum atomic E-state index is 13.8. The molecule has 164 valence electrons. The molecular formula is C26H28N4O2. The number of amides is 1. The van der Waals surface area contributed by atoms with E-state index < -0.39 is 6.10 Å². The Balaban J connectivity index is 1.33. The van der Waals surface area contributed by atoms with E-state index in [0.717, 1.165) is 24.1 Å². The zero-order valence-electron chi connectivity index (χ0n) is 17.9. The number of rotatable bonds is 5. The van der Waals surface area contributed by atoms with E-state index in [9.17, 15) is 9.90 Å². The van der Waals surface area contributed by atoms with Crippen LogP contribution in [0.4, 0.5) is 5.82 Å². The summed E-state index contributed by atoms with van der Waals surface area (Å²) in [6.07, 6.45) is 5.99. The van der Waals surface area contributed by atoms with Crippen molar-refractivity contribution in [3.05, 3.63) is 90.4 Å².